The van der Waals surface area contributed by atoms with Gasteiger partial charge in [-0.15, -0.1) is 0 Å². The molecule has 7 nitrogen and oxygen atoms in total. The molecule has 0 fully saturated rings. The van der Waals surface area contributed by atoms with Crippen LogP contribution in [-0.4, -0.2) is 21.5 Å². The van der Waals surface area contributed by atoms with Crippen LogP contribution in [0.5, 0.6) is 0 Å². The van der Waals surface area contributed by atoms with Crippen molar-refractivity contribution >= 4 is 22.5 Å². The van der Waals surface area contributed by atoms with Gasteiger partial charge in [0, 0.05) is 31.0 Å². The maximum Gasteiger partial charge on any atom is 0.272 e. The fourth-order valence-corrected chi connectivity index (χ4v) is 4.75. The van der Waals surface area contributed by atoms with Crippen LogP contribution in [0.4, 0.5) is 10.1 Å². The largest absolute Gasteiger partial charge is 0.345 e. The maximum absolute atomic E-state index is 13.5. The average molecular weight is 388 g/mol. The van der Waals surface area contributed by atoms with E-state index in [9.17, 15) is 9.18 Å². The smallest absolute Gasteiger partial charge is 0.272 e. The molecule has 0 aliphatic carbocycles. The maximum atomic E-state index is 13.5. The Balaban J connectivity index is 1.93. The molecule has 1 aliphatic heterocycles. The zero-order chi connectivity index (χ0) is 19.7. The summed E-state index contributed by atoms with van der Waals surface area (Å²) in [5.41, 5.74) is 1.37. The normalized spacial score (nSPS) is 19.3. The Bertz CT molecular complexity index is 961. The summed E-state index contributed by atoms with van der Waals surface area (Å²) < 4.78 is 27.0. The van der Waals surface area contributed by atoms with Crippen molar-refractivity contribution in [2.24, 2.45) is 13.0 Å². The van der Waals surface area contributed by atoms with Crippen molar-refractivity contribution in [1.82, 2.24) is 14.3 Å². The second-order valence-corrected chi connectivity index (χ2v) is 8.16. The standard InChI is InChI=1S/C18H21FN6OS/c1-10(2)14-5-4-13-15(27(21)24-14)9-25(3)17(13)18(26)23-11-6-12(8-20)22-16(19)7-11/h6-7,9-10,14H,4-5H2,1-3H3,(H2,21,24)(H,22,23,26). The fourth-order valence-electron chi connectivity index (χ4n) is 3.22. The summed E-state index contributed by atoms with van der Waals surface area (Å²) in [6.07, 6.45) is 3.33. The van der Waals surface area contributed by atoms with Gasteiger partial charge in [0.15, 0.2) is 0 Å². The second kappa shape index (κ2) is 7.58. The van der Waals surface area contributed by atoms with Gasteiger partial charge in [0.05, 0.1) is 4.90 Å². The Morgan fingerprint density at radius 2 is 2.30 bits per heavy atom. The van der Waals surface area contributed by atoms with Crippen molar-refractivity contribution in [1.29, 1.82) is 10.0 Å². The molecule has 0 radical (unpaired) electrons. The summed E-state index contributed by atoms with van der Waals surface area (Å²) >= 11 is 0. The van der Waals surface area contributed by atoms with Crippen LogP contribution in [0.3, 0.4) is 0 Å². The van der Waals surface area contributed by atoms with Crippen LogP contribution in [-0.2, 0) is 24.3 Å². The lowest BCUT2D eigenvalue weighted by molar-refractivity contribution is 0.101. The topological polar surface area (TPSA) is 107 Å². The number of carbonyl (C=O) groups excluding carboxylic acids is 1. The fraction of sp³-hybridized carbons (Fsp3) is 0.389. The third-order valence-electron chi connectivity index (χ3n) is 4.63. The zero-order valence-electron chi connectivity index (χ0n) is 15.3. The van der Waals surface area contributed by atoms with Crippen LogP contribution in [0.25, 0.3) is 0 Å². The van der Waals surface area contributed by atoms with Crippen molar-refractivity contribution in [3.05, 3.63) is 41.2 Å². The van der Waals surface area contributed by atoms with Crippen molar-refractivity contribution in [2.75, 3.05) is 5.32 Å². The minimum Gasteiger partial charge on any atom is -0.345 e. The van der Waals surface area contributed by atoms with Gasteiger partial charge < -0.3 is 9.88 Å². The number of amides is 1. The Morgan fingerprint density at radius 3 is 2.96 bits per heavy atom. The molecule has 2 aromatic rings. The van der Waals surface area contributed by atoms with E-state index < -0.39 is 22.7 Å². The first-order chi connectivity index (χ1) is 12.8. The first-order valence-corrected chi connectivity index (χ1v) is 9.81. The minimum absolute atomic E-state index is 0.104. The van der Waals surface area contributed by atoms with Gasteiger partial charge in [0.2, 0.25) is 5.95 Å². The number of pyridine rings is 1. The second-order valence-electron chi connectivity index (χ2n) is 6.87. The summed E-state index contributed by atoms with van der Waals surface area (Å²) in [5, 5.41) is 11.6. The number of aryl methyl sites for hydroxylation is 1. The summed E-state index contributed by atoms with van der Waals surface area (Å²) in [7, 11) is 0.850. The molecule has 1 amide bonds. The lowest BCUT2D eigenvalue weighted by Gasteiger charge is -2.20. The molecule has 3 rings (SSSR count). The number of hydrogen-bond acceptors (Lipinski definition) is 4. The molecule has 0 bridgehead atoms. The van der Waals surface area contributed by atoms with E-state index in [-0.39, 0.29) is 17.4 Å². The Labute approximate surface area is 159 Å². The monoisotopic (exact) mass is 388 g/mol. The highest BCUT2D eigenvalue weighted by Crippen LogP contribution is 2.28. The van der Waals surface area contributed by atoms with Crippen molar-refractivity contribution in [3.63, 3.8) is 0 Å². The molecule has 27 heavy (non-hydrogen) atoms. The number of nitrogens with zero attached hydrogens (tertiary/aromatic N) is 3. The van der Waals surface area contributed by atoms with Crippen LogP contribution < -0.4 is 10.0 Å². The minimum atomic E-state index is -0.908. The summed E-state index contributed by atoms with van der Waals surface area (Å²) in [6, 6.07) is 4.38. The summed E-state index contributed by atoms with van der Waals surface area (Å²) in [6.45, 7) is 4.23. The summed E-state index contributed by atoms with van der Waals surface area (Å²) in [5.74, 6) is -0.829. The molecule has 0 saturated carbocycles. The number of carbonyl (C=O) groups is 1. The quantitative estimate of drug-likeness (QED) is 0.703. The van der Waals surface area contributed by atoms with E-state index in [1.807, 2.05) is 6.20 Å². The van der Waals surface area contributed by atoms with E-state index in [0.717, 1.165) is 22.9 Å². The van der Waals surface area contributed by atoms with Crippen LogP contribution in [0.1, 0.15) is 42.0 Å². The van der Waals surface area contributed by atoms with Crippen LogP contribution in [0, 0.1) is 28.0 Å². The van der Waals surface area contributed by atoms with Gasteiger partial charge in [-0.2, -0.15) is 9.65 Å². The molecule has 142 valence electrons. The van der Waals surface area contributed by atoms with Gasteiger partial charge >= 0.3 is 0 Å². The third-order valence-corrected chi connectivity index (χ3v) is 5.96. The molecule has 0 saturated heterocycles. The van der Waals surface area contributed by atoms with E-state index in [1.165, 1.54) is 6.07 Å². The number of fused-ring (bicyclic) bond motifs is 1. The highest BCUT2D eigenvalue weighted by molar-refractivity contribution is 7.84. The molecule has 3 N–H and O–H groups in total. The van der Waals surface area contributed by atoms with Gasteiger partial charge in [-0.1, -0.05) is 13.8 Å². The number of halogens is 1. The average Bonchev–Trinajstić information content (AvgIpc) is 2.85. The number of nitrogens with one attached hydrogen (secondary N) is 3. The molecular weight excluding hydrogens is 367 g/mol. The van der Waals surface area contributed by atoms with E-state index >= 15 is 0 Å². The molecule has 0 spiro atoms. The van der Waals surface area contributed by atoms with Crippen molar-refractivity contribution in [3.8, 4) is 6.07 Å². The van der Waals surface area contributed by atoms with E-state index in [0.29, 0.717) is 18.0 Å². The first-order valence-electron chi connectivity index (χ1n) is 8.59. The van der Waals surface area contributed by atoms with Gasteiger partial charge in [-0.3, -0.25) is 9.57 Å². The van der Waals surface area contributed by atoms with Crippen LogP contribution in [0.2, 0.25) is 0 Å². The van der Waals surface area contributed by atoms with E-state index in [2.05, 4.69) is 28.9 Å². The number of aromatic nitrogens is 2. The molecular formula is C18H21FN6OS. The van der Waals surface area contributed by atoms with Crippen molar-refractivity contribution < 1.29 is 9.18 Å². The predicted molar refractivity (Wildman–Crippen MR) is 101 cm³/mol. The van der Waals surface area contributed by atoms with Crippen LogP contribution >= 0.6 is 0 Å². The number of rotatable bonds is 3. The molecule has 2 atom stereocenters. The van der Waals surface area contributed by atoms with Crippen molar-refractivity contribution in [2.45, 2.75) is 37.6 Å². The predicted octanol–water partition coefficient (Wildman–Crippen LogP) is 2.90. The highest BCUT2D eigenvalue weighted by atomic mass is 32.2. The number of hydrogen-bond donors (Lipinski definition) is 3. The Kier molecular flexibility index (Phi) is 5.39. The Hall–Kier alpha value is -2.57. The number of nitriles is 1. The summed E-state index contributed by atoms with van der Waals surface area (Å²) in [4.78, 5) is 17.1. The molecule has 9 heteroatoms. The van der Waals surface area contributed by atoms with Gasteiger partial charge in [-0.25, -0.2) is 9.71 Å². The first kappa shape index (κ1) is 19.2. The SMILES string of the molecule is CC(C)C1CCc2c(cn(C)c2C(=O)Nc2cc(F)nc(C#N)c2)S(=N)N1. The molecule has 0 aromatic carbocycles. The number of anilines is 1. The van der Waals surface area contributed by atoms with E-state index in [1.54, 1.807) is 17.7 Å². The molecule has 2 aromatic heterocycles. The molecule has 1 aliphatic rings. The third kappa shape index (κ3) is 3.91. The van der Waals surface area contributed by atoms with Gasteiger partial charge in [-0.05, 0) is 41.3 Å². The lowest BCUT2D eigenvalue weighted by atomic mass is 9.97. The van der Waals surface area contributed by atoms with Gasteiger partial charge in [0.1, 0.15) is 17.5 Å². The molecule has 3 heterocycles. The van der Waals surface area contributed by atoms with Crippen LogP contribution in [0.15, 0.2) is 23.2 Å². The highest BCUT2D eigenvalue weighted by Gasteiger charge is 2.28. The lowest BCUT2D eigenvalue weighted by Crippen LogP contribution is -2.33. The van der Waals surface area contributed by atoms with E-state index in [4.69, 9.17) is 10.0 Å². The molecule has 2 unspecified atom stereocenters. The van der Waals surface area contributed by atoms with Gasteiger partial charge in [0.25, 0.3) is 5.91 Å². The Morgan fingerprint density at radius 1 is 1.56 bits per heavy atom. The zero-order valence-corrected chi connectivity index (χ0v) is 16.2.